The summed E-state index contributed by atoms with van der Waals surface area (Å²) in [6, 6.07) is 29.3. The van der Waals surface area contributed by atoms with Gasteiger partial charge in [-0.2, -0.15) is 5.26 Å². The van der Waals surface area contributed by atoms with E-state index < -0.39 is 6.16 Å². The SMILES string of the molecule is N#Cc1cccc(-c2cccc3c(CCCOc4cccc5ccccc45)c(OC(=O)O)[nH]c23)c1. The first-order chi connectivity index (χ1) is 17.1. The molecule has 5 rings (SSSR count). The Kier molecular flexibility index (Phi) is 6.06. The zero-order valence-corrected chi connectivity index (χ0v) is 18.8. The Hall–Kier alpha value is -4.76. The fraction of sp³-hybridized carbons (Fsp3) is 0.103. The number of aryl methyl sites for hydroxylation is 1. The number of carboxylic acid groups (broad SMARTS) is 1. The zero-order chi connectivity index (χ0) is 24.2. The molecule has 0 fully saturated rings. The van der Waals surface area contributed by atoms with Gasteiger partial charge in [0.05, 0.1) is 23.8 Å². The van der Waals surface area contributed by atoms with Gasteiger partial charge in [-0.1, -0.05) is 66.7 Å². The number of benzene rings is 4. The zero-order valence-electron chi connectivity index (χ0n) is 18.8. The van der Waals surface area contributed by atoms with E-state index in [1.54, 1.807) is 6.07 Å². The number of nitrogens with zero attached hydrogens (tertiary/aromatic N) is 1. The number of hydrogen-bond acceptors (Lipinski definition) is 4. The summed E-state index contributed by atoms with van der Waals surface area (Å²) in [6.07, 6.45) is -0.145. The number of hydrogen-bond donors (Lipinski definition) is 2. The predicted octanol–water partition coefficient (Wildman–Crippen LogP) is 6.93. The second kappa shape index (κ2) is 9.62. The minimum atomic E-state index is -1.38. The Morgan fingerprint density at radius 2 is 1.71 bits per heavy atom. The minimum absolute atomic E-state index is 0.210. The maximum atomic E-state index is 11.4. The quantitative estimate of drug-likeness (QED) is 0.202. The third-order valence-electron chi connectivity index (χ3n) is 5.97. The van der Waals surface area contributed by atoms with E-state index in [4.69, 9.17) is 9.47 Å². The minimum Gasteiger partial charge on any atom is -0.493 e. The van der Waals surface area contributed by atoms with Crippen LogP contribution < -0.4 is 9.47 Å². The average Bonchev–Trinajstić information content (AvgIpc) is 3.23. The summed E-state index contributed by atoms with van der Waals surface area (Å²) in [4.78, 5) is 14.5. The highest BCUT2D eigenvalue weighted by Crippen LogP contribution is 2.36. The van der Waals surface area contributed by atoms with Gasteiger partial charge in [0.15, 0.2) is 0 Å². The molecule has 0 atom stereocenters. The number of ether oxygens (including phenoxy) is 2. The molecule has 0 spiro atoms. The van der Waals surface area contributed by atoms with Crippen LogP contribution in [0, 0.1) is 11.3 Å². The van der Waals surface area contributed by atoms with Gasteiger partial charge in [-0.15, -0.1) is 0 Å². The standard InChI is InChI=1S/C29H22N2O4/c30-18-19-7-3-10-21(17-19)23-12-5-13-24-25(28(31-27(23)24)35-29(32)33)14-6-16-34-26-15-4-9-20-8-1-2-11-22(20)26/h1-5,7-13,15,17,31H,6,14,16H2,(H,32,33). The Morgan fingerprint density at radius 1 is 0.943 bits per heavy atom. The van der Waals surface area contributed by atoms with Gasteiger partial charge in [0.2, 0.25) is 5.88 Å². The molecule has 6 heteroatoms. The molecule has 5 aromatic rings. The van der Waals surface area contributed by atoms with Crippen LogP contribution in [-0.4, -0.2) is 22.9 Å². The summed E-state index contributed by atoms with van der Waals surface area (Å²) in [5.41, 5.74) is 3.83. The maximum absolute atomic E-state index is 11.4. The Morgan fingerprint density at radius 3 is 2.57 bits per heavy atom. The molecule has 0 amide bonds. The molecule has 0 aliphatic heterocycles. The number of rotatable bonds is 7. The van der Waals surface area contributed by atoms with Crippen molar-refractivity contribution in [3.05, 3.63) is 96.1 Å². The Bertz CT molecular complexity index is 1570. The second-order valence-corrected chi connectivity index (χ2v) is 8.15. The third kappa shape index (κ3) is 4.53. The first-order valence-electron chi connectivity index (χ1n) is 11.3. The van der Waals surface area contributed by atoms with E-state index in [1.807, 2.05) is 78.9 Å². The molecule has 6 nitrogen and oxygen atoms in total. The summed E-state index contributed by atoms with van der Waals surface area (Å²) in [5, 5.41) is 21.6. The molecule has 0 radical (unpaired) electrons. The Balaban J connectivity index is 1.42. The monoisotopic (exact) mass is 462 g/mol. The topological polar surface area (TPSA) is 95.3 Å². The lowest BCUT2D eigenvalue weighted by Crippen LogP contribution is -2.06. The van der Waals surface area contributed by atoms with Crippen molar-refractivity contribution >= 4 is 27.8 Å². The number of carbonyl (C=O) groups is 1. The molecule has 1 heterocycles. The molecule has 2 N–H and O–H groups in total. The third-order valence-corrected chi connectivity index (χ3v) is 5.97. The van der Waals surface area contributed by atoms with Gasteiger partial charge in [0, 0.05) is 21.9 Å². The van der Waals surface area contributed by atoms with Crippen LogP contribution in [0.4, 0.5) is 4.79 Å². The van der Waals surface area contributed by atoms with Crippen LogP contribution in [0.1, 0.15) is 17.5 Å². The van der Waals surface area contributed by atoms with Crippen molar-refractivity contribution in [2.75, 3.05) is 6.61 Å². The number of aromatic amines is 1. The van der Waals surface area contributed by atoms with E-state index in [0.29, 0.717) is 25.0 Å². The van der Waals surface area contributed by atoms with Crippen molar-refractivity contribution in [3.63, 3.8) is 0 Å². The summed E-state index contributed by atoms with van der Waals surface area (Å²) in [6.45, 7) is 0.469. The number of nitriles is 1. The lowest BCUT2D eigenvalue weighted by Gasteiger charge is -2.10. The van der Waals surface area contributed by atoms with Crippen LogP contribution in [0.25, 0.3) is 32.8 Å². The van der Waals surface area contributed by atoms with Gasteiger partial charge in [0.1, 0.15) is 5.75 Å². The van der Waals surface area contributed by atoms with Gasteiger partial charge >= 0.3 is 6.16 Å². The summed E-state index contributed by atoms with van der Waals surface area (Å²) in [5.74, 6) is 1.03. The first kappa shape index (κ1) is 22.1. The lowest BCUT2D eigenvalue weighted by molar-refractivity contribution is 0.142. The fourth-order valence-electron chi connectivity index (χ4n) is 4.42. The van der Waals surface area contributed by atoms with Crippen molar-refractivity contribution in [3.8, 4) is 28.8 Å². The van der Waals surface area contributed by atoms with E-state index in [2.05, 4.69) is 11.1 Å². The summed E-state index contributed by atoms with van der Waals surface area (Å²) >= 11 is 0. The fourth-order valence-corrected chi connectivity index (χ4v) is 4.42. The molecule has 0 saturated carbocycles. The summed E-state index contributed by atoms with van der Waals surface area (Å²) in [7, 11) is 0. The van der Waals surface area contributed by atoms with Crippen LogP contribution in [0.2, 0.25) is 0 Å². The molecule has 4 aromatic carbocycles. The molecule has 172 valence electrons. The highest BCUT2D eigenvalue weighted by atomic mass is 16.7. The van der Waals surface area contributed by atoms with Crippen molar-refractivity contribution < 1.29 is 19.4 Å². The van der Waals surface area contributed by atoms with Crippen molar-refractivity contribution in [2.45, 2.75) is 12.8 Å². The van der Waals surface area contributed by atoms with Gasteiger partial charge in [-0.25, -0.2) is 4.79 Å². The maximum Gasteiger partial charge on any atom is 0.512 e. The van der Waals surface area contributed by atoms with E-state index in [-0.39, 0.29) is 5.88 Å². The van der Waals surface area contributed by atoms with Gasteiger partial charge < -0.3 is 19.6 Å². The molecule has 0 aliphatic carbocycles. The average molecular weight is 463 g/mol. The largest absolute Gasteiger partial charge is 0.512 e. The highest BCUT2D eigenvalue weighted by Gasteiger charge is 2.18. The molecule has 0 bridgehead atoms. The number of aromatic nitrogens is 1. The Labute approximate surface area is 202 Å². The first-order valence-corrected chi connectivity index (χ1v) is 11.3. The molecule has 0 saturated heterocycles. The van der Waals surface area contributed by atoms with E-state index >= 15 is 0 Å². The lowest BCUT2D eigenvalue weighted by atomic mass is 9.99. The van der Waals surface area contributed by atoms with E-state index in [9.17, 15) is 15.2 Å². The normalized spacial score (nSPS) is 10.8. The molecule has 0 aliphatic rings. The van der Waals surface area contributed by atoms with Gasteiger partial charge in [-0.05, 0) is 42.0 Å². The molecular weight excluding hydrogens is 440 g/mol. The summed E-state index contributed by atoms with van der Waals surface area (Å²) < 4.78 is 11.2. The van der Waals surface area contributed by atoms with E-state index in [1.165, 1.54) is 0 Å². The molecule has 0 unspecified atom stereocenters. The van der Waals surface area contributed by atoms with Crippen LogP contribution in [-0.2, 0) is 6.42 Å². The van der Waals surface area contributed by atoms with Crippen LogP contribution in [0.15, 0.2) is 84.9 Å². The van der Waals surface area contributed by atoms with Crippen molar-refractivity contribution in [2.24, 2.45) is 0 Å². The smallest absolute Gasteiger partial charge is 0.493 e. The van der Waals surface area contributed by atoms with Crippen LogP contribution in [0.5, 0.6) is 11.6 Å². The second-order valence-electron chi connectivity index (χ2n) is 8.15. The molecular formula is C29H22N2O4. The van der Waals surface area contributed by atoms with Crippen LogP contribution in [0.3, 0.4) is 0 Å². The molecule has 1 aromatic heterocycles. The number of para-hydroxylation sites is 1. The van der Waals surface area contributed by atoms with Gasteiger partial charge in [-0.3, -0.25) is 0 Å². The predicted molar refractivity (Wildman–Crippen MR) is 135 cm³/mol. The number of fused-ring (bicyclic) bond motifs is 2. The van der Waals surface area contributed by atoms with Crippen LogP contribution >= 0.6 is 0 Å². The van der Waals surface area contributed by atoms with E-state index in [0.717, 1.165) is 44.1 Å². The number of H-pyrrole nitrogens is 1. The highest BCUT2D eigenvalue weighted by molar-refractivity contribution is 5.98. The van der Waals surface area contributed by atoms with Crippen molar-refractivity contribution in [1.82, 2.24) is 4.98 Å². The molecule has 35 heavy (non-hydrogen) atoms. The van der Waals surface area contributed by atoms with Gasteiger partial charge in [0.25, 0.3) is 0 Å². The van der Waals surface area contributed by atoms with Crippen molar-refractivity contribution in [1.29, 1.82) is 5.26 Å². The number of nitrogens with one attached hydrogen (secondary N) is 1.